The smallest absolute Gasteiger partial charge is 0.349 e. The molecule has 11 heteroatoms. The van der Waals surface area contributed by atoms with Gasteiger partial charge in [-0.3, -0.25) is 10.1 Å². The standard InChI is InChI=1S/C28H25N3O8/c1-3-35-23-12-9-17(13-25(23)36-4-2)27-19-11-10-18(14-24(19)39-28(30)20(27)15-29)38-26(32)16-37-22-8-6-5-7-21(22)31(33)34/h5-14,27H,3-4,16,30H2,1-2H3. The summed E-state index contributed by atoms with van der Waals surface area (Å²) < 4.78 is 27.7. The molecule has 3 aromatic carbocycles. The second kappa shape index (κ2) is 11.9. The third-order valence-electron chi connectivity index (χ3n) is 5.73. The number of allylic oxidation sites excluding steroid dienone is 1. The molecule has 200 valence electrons. The highest BCUT2D eigenvalue weighted by molar-refractivity contribution is 5.74. The molecule has 0 saturated carbocycles. The van der Waals surface area contributed by atoms with Crippen molar-refractivity contribution in [3.05, 3.63) is 93.4 Å². The van der Waals surface area contributed by atoms with Crippen LogP contribution in [0.3, 0.4) is 0 Å². The zero-order valence-corrected chi connectivity index (χ0v) is 21.2. The molecule has 1 unspecified atom stereocenters. The van der Waals surface area contributed by atoms with Gasteiger partial charge >= 0.3 is 11.7 Å². The van der Waals surface area contributed by atoms with Crippen molar-refractivity contribution in [1.29, 1.82) is 5.26 Å². The molecule has 39 heavy (non-hydrogen) atoms. The minimum absolute atomic E-state index is 0.0558. The number of nitriles is 1. The first-order valence-electron chi connectivity index (χ1n) is 12.0. The summed E-state index contributed by atoms with van der Waals surface area (Å²) in [5.41, 5.74) is 7.41. The summed E-state index contributed by atoms with van der Waals surface area (Å²) in [5, 5.41) is 21.0. The molecular weight excluding hydrogens is 506 g/mol. The molecule has 1 aliphatic heterocycles. The van der Waals surface area contributed by atoms with Crippen LogP contribution < -0.4 is 29.4 Å². The highest BCUT2D eigenvalue weighted by Crippen LogP contribution is 2.45. The van der Waals surface area contributed by atoms with E-state index in [2.05, 4.69) is 6.07 Å². The molecule has 0 spiro atoms. The molecular formula is C28H25N3O8. The van der Waals surface area contributed by atoms with Gasteiger partial charge in [-0.15, -0.1) is 0 Å². The fourth-order valence-electron chi connectivity index (χ4n) is 4.12. The van der Waals surface area contributed by atoms with Crippen molar-refractivity contribution in [2.75, 3.05) is 19.8 Å². The van der Waals surface area contributed by atoms with Gasteiger partial charge in [-0.1, -0.05) is 24.3 Å². The average Bonchev–Trinajstić information content (AvgIpc) is 2.92. The Hall–Kier alpha value is -5.24. The Bertz CT molecular complexity index is 1480. The molecule has 2 N–H and O–H groups in total. The number of carbonyl (C=O) groups is 1. The van der Waals surface area contributed by atoms with E-state index >= 15 is 0 Å². The number of nitro groups is 1. The topological polar surface area (TPSA) is 156 Å². The van der Waals surface area contributed by atoms with Gasteiger partial charge in [-0.25, -0.2) is 4.79 Å². The quantitative estimate of drug-likeness (QED) is 0.170. The number of carbonyl (C=O) groups excluding carboxylic acids is 1. The Morgan fingerprint density at radius 1 is 1.03 bits per heavy atom. The monoisotopic (exact) mass is 531 g/mol. The summed E-state index contributed by atoms with van der Waals surface area (Å²) in [5.74, 6) is 0.0627. The molecule has 0 amide bonds. The fraction of sp³-hybridized carbons (Fsp3) is 0.214. The van der Waals surface area contributed by atoms with Crippen molar-refractivity contribution in [3.8, 4) is 34.8 Å². The molecule has 1 atom stereocenters. The number of nitrogens with zero attached hydrogens (tertiary/aromatic N) is 2. The molecule has 0 fully saturated rings. The van der Waals surface area contributed by atoms with Gasteiger partial charge in [-0.2, -0.15) is 5.26 Å². The van der Waals surface area contributed by atoms with Gasteiger partial charge in [0.25, 0.3) is 0 Å². The summed E-state index contributed by atoms with van der Waals surface area (Å²) in [6, 6.07) is 17.9. The van der Waals surface area contributed by atoms with Crippen molar-refractivity contribution >= 4 is 11.7 Å². The van der Waals surface area contributed by atoms with Crippen LogP contribution in [0.15, 0.2) is 72.1 Å². The normalized spacial score (nSPS) is 13.9. The van der Waals surface area contributed by atoms with Gasteiger partial charge in [0, 0.05) is 17.7 Å². The van der Waals surface area contributed by atoms with E-state index < -0.39 is 23.4 Å². The Morgan fingerprint density at radius 2 is 1.77 bits per heavy atom. The predicted molar refractivity (Wildman–Crippen MR) is 139 cm³/mol. The first-order valence-corrected chi connectivity index (χ1v) is 12.0. The van der Waals surface area contributed by atoms with Crippen LogP contribution in [-0.4, -0.2) is 30.7 Å². The summed E-state index contributed by atoms with van der Waals surface area (Å²) in [7, 11) is 0. The van der Waals surface area contributed by atoms with Gasteiger partial charge in [0.1, 0.15) is 23.1 Å². The Morgan fingerprint density at radius 3 is 2.49 bits per heavy atom. The van der Waals surface area contributed by atoms with Crippen molar-refractivity contribution in [1.82, 2.24) is 0 Å². The molecule has 4 rings (SSSR count). The van der Waals surface area contributed by atoms with Crippen LogP contribution in [0.25, 0.3) is 0 Å². The molecule has 1 aliphatic rings. The van der Waals surface area contributed by atoms with Gasteiger partial charge in [0.2, 0.25) is 5.88 Å². The lowest BCUT2D eigenvalue weighted by molar-refractivity contribution is -0.385. The highest BCUT2D eigenvalue weighted by atomic mass is 16.6. The molecule has 0 saturated heterocycles. The number of hydrogen-bond acceptors (Lipinski definition) is 10. The van der Waals surface area contributed by atoms with Gasteiger partial charge in [0.05, 0.1) is 24.1 Å². The van der Waals surface area contributed by atoms with Crippen LogP contribution in [0.4, 0.5) is 5.69 Å². The van der Waals surface area contributed by atoms with Crippen LogP contribution in [0.2, 0.25) is 0 Å². The minimum Gasteiger partial charge on any atom is -0.490 e. The molecule has 0 aliphatic carbocycles. The molecule has 3 aromatic rings. The Labute approximate surface area is 224 Å². The lowest BCUT2D eigenvalue weighted by Gasteiger charge is -2.27. The van der Waals surface area contributed by atoms with Crippen molar-refractivity contribution in [2.45, 2.75) is 19.8 Å². The fourth-order valence-corrected chi connectivity index (χ4v) is 4.12. The number of esters is 1. The van der Waals surface area contributed by atoms with Crippen molar-refractivity contribution in [2.24, 2.45) is 5.73 Å². The number of para-hydroxylation sites is 2. The maximum Gasteiger partial charge on any atom is 0.349 e. The number of benzene rings is 3. The number of ether oxygens (including phenoxy) is 5. The first-order chi connectivity index (χ1) is 18.9. The summed E-state index contributed by atoms with van der Waals surface area (Å²) in [6.45, 7) is 4.06. The van der Waals surface area contributed by atoms with E-state index in [1.54, 1.807) is 30.3 Å². The van der Waals surface area contributed by atoms with E-state index in [1.165, 1.54) is 24.3 Å². The van der Waals surface area contributed by atoms with E-state index in [-0.39, 0.29) is 28.6 Å². The third kappa shape index (κ3) is 5.86. The molecule has 1 heterocycles. The van der Waals surface area contributed by atoms with Crippen LogP contribution in [0.5, 0.6) is 28.7 Å². The molecule has 0 bridgehead atoms. The maximum absolute atomic E-state index is 12.4. The zero-order chi connectivity index (χ0) is 27.9. The molecule has 11 nitrogen and oxygen atoms in total. The van der Waals surface area contributed by atoms with E-state index in [4.69, 9.17) is 29.4 Å². The second-order valence-corrected chi connectivity index (χ2v) is 8.18. The summed E-state index contributed by atoms with van der Waals surface area (Å²) in [6.07, 6.45) is 0. The lowest BCUT2D eigenvalue weighted by atomic mass is 9.83. The number of fused-ring (bicyclic) bond motifs is 1. The van der Waals surface area contributed by atoms with Gasteiger partial charge in [-0.05, 0) is 43.7 Å². The van der Waals surface area contributed by atoms with Crippen LogP contribution in [-0.2, 0) is 4.79 Å². The predicted octanol–water partition coefficient (Wildman–Crippen LogP) is 4.59. The van der Waals surface area contributed by atoms with Crippen molar-refractivity contribution in [3.63, 3.8) is 0 Å². The largest absolute Gasteiger partial charge is 0.490 e. The molecule has 0 radical (unpaired) electrons. The minimum atomic E-state index is -0.783. The Balaban J connectivity index is 1.58. The molecule has 0 aromatic heterocycles. The second-order valence-electron chi connectivity index (χ2n) is 8.18. The Kier molecular flexibility index (Phi) is 8.16. The van der Waals surface area contributed by atoms with Crippen molar-refractivity contribution < 1.29 is 33.4 Å². The number of rotatable bonds is 10. The zero-order valence-electron chi connectivity index (χ0n) is 21.2. The maximum atomic E-state index is 12.4. The lowest BCUT2D eigenvalue weighted by Crippen LogP contribution is -2.22. The van der Waals surface area contributed by atoms with E-state index in [0.717, 1.165) is 5.56 Å². The SMILES string of the molecule is CCOc1ccc(C2C(C#N)=C(N)Oc3cc(OC(=O)COc4ccccc4[N+](=O)[O-])ccc32)cc1OCC. The van der Waals surface area contributed by atoms with Crippen LogP contribution >= 0.6 is 0 Å². The van der Waals surface area contributed by atoms with Crippen LogP contribution in [0, 0.1) is 21.4 Å². The van der Waals surface area contributed by atoms with E-state index in [0.29, 0.717) is 36.0 Å². The third-order valence-corrected chi connectivity index (χ3v) is 5.73. The number of nitrogens with two attached hydrogens (primary N) is 1. The van der Waals surface area contributed by atoms with Crippen LogP contribution in [0.1, 0.15) is 30.9 Å². The first kappa shape index (κ1) is 26.8. The number of nitro benzene ring substituents is 1. The summed E-state index contributed by atoms with van der Waals surface area (Å²) >= 11 is 0. The highest BCUT2D eigenvalue weighted by Gasteiger charge is 2.32. The number of hydrogen-bond donors (Lipinski definition) is 1. The van der Waals surface area contributed by atoms with Gasteiger partial charge < -0.3 is 29.4 Å². The summed E-state index contributed by atoms with van der Waals surface area (Å²) in [4.78, 5) is 22.9. The average molecular weight is 532 g/mol. The van der Waals surface area contributed by atoms with E-state index in [1.807, 2.05) is 19.9 Å². The van der Waals surface area contributed by atoms with Gasteiger partial charge in [0.15, 0.2) is 23.9 Å². The van der Waals surface area contributed by atoms with E-state index in [9.17, 15) is 20.2 Å².